The molecule has 1 N–H and O–H groups in total. The van der Waals surface area contributed by atoms with Crippen molar-refractivity contribution in [3.05, 3.63) is 12.2 Å². The molecule has 4 unspecified atom stereocenters. The molecular formula is C18H26O8. The normalized spacial score (nSPS) is 25.7. The molecular weight excluding hydrogens is 344 g/mol. The minimum Gasteiger partial charge on any atom is -0.463 e. The smallest absolute Gasteiger partial charge is 0.333 e. The summed E-state index contributed by atoms with van der Waals surface area (Å²) in [7, 11) is 0. The molecule has 8 heteroatoms. The van der Waals surface area contributed by atoms with E-state index in [4.69, 9.17) is 18.9 Å². The van der Waals surface area contributed by atoms with Gasteiger partial charge in [0.15, 0.2) is 0 Å². The lowest BCUT2D eigenvalue weighted by Gasteiger charge is -2.28. The van der Waals surface area contributed by atoms with Gasteiger partial charge in [0, 0.05) is 5.57 Å². The molecule has 0 amide bonds. The highest BCUT2D eigenvalue weighted by Crippen LogP contribution is 2.32. The summed E-state index contributed by atoms with van der Waals surface area (Å²) < 4.78 is 20.1. The van der Waals surface area contributed by atoms with Crippen molar-refractivity contribution >= 4 is 17.9 Å². The number of aliphatic hydroxyl groups is 1. The van der Waals surface area contributed by atoms with Gasteiger partial charge in [-0.3, -0.25) is 9.59 Å². The van der Waals surface area contributed by atoms with Crippen molar-refractivity contribution in [1.82, 2.24) is 0 Å². The first-order valence-electron chi connectivity index (χ1n) is 8.84. The fraction of sp³-hybridized carbons (Fsp3) is 0.722. The minimum absolute atomic E-state index is 0.0231. The first-order chi connectivity index (χ1) is 12.4. The average Bonchev–Trinajstić information content (AvgIpc) is 3.46. The van der Waals surface area contributed by atoms with Gasteiger partial charge in [-0.05, 0) is 19.8 Å². The van der Waals surface area contributed by atoms with Crippen LogP contribution < -0.4 is 0 Å². The molecule has 0 radical (unpaired) electrons. The highest BCUT2D eigenvalue weighted by atomic mass is 16.6. The van der Waals surface area contributed by atoms with Crippen LogP contribution >= 0.6 is 0 Å². The summed E-state index contributed by atoms with van der Waals surface area (Å²) in [5.41, 5.74) is 0.217. The molecule has 1 heterocycles. The van der Waals surface area contributed by atoms with Crippen molar-refractivity contribution in [2.45, 2.75) is 44.8 Å². The first kappa shape index (κ1) is 20.4. The Kier molecular flexibility index (Phi) is 7.59. The van der Waals surface area contributed by atoms with Crippen LogP contribution in [0.3, 0.4) is 0 Å². The van der Waals surface area contributed by atoms with Gasteiger partial charge in [-0.1, -0.05) is 19.4 Å². The van der Waals surface area contributed by atoms with Crippen molar-refractivity contribution in [3.63, 3.8) is 0 Å². The molecule has 0 aromatic rings. The van der Waals surface area contributed by atoms with Gasteiger partial charge in [0.05, 0.1) is 18.4 Å². The zero-order chi connectivity index (χ0) is 19.1. The molecule has 2 fully saturated rings. The Hall–Kier alpha value is -1.93. The van der Waals surface area contributed by atoms with Crippen LogP contribution in [0.25, 0.3) is 0 Å². The van der Waals surface area contributed by atoms with Gasteiger partial charge in [0.2, 0.25) is 0 Å². The van der Waals surface area contributed by atoms with Crippen LogP contribution in [0, 0.1) is 11.8 Å². The number of epoxide rings is 1. The van der Waals surface area contributed by atoms with Crippen molar-refractivity contribution < 1.29 is 38.4 Å². The van der Waals surface area contributed by atoms with E-state index in [1.165, 1.54) is 6.92 Å². The number of carbonyl (C=O) groups is 3. The van der Waals surface area contributed by atoms with Crippen molar-refractivity contribution in [2.75, 3.05) is 26.4 Å². The summed E-state index contributed by atoms with van der Waals surface area (Å²) >= 11 is 0. The molecule has 4 atom stereocenters. The summed E-state index contributed by atoms with van der Waals surface area (Å²) in [6, 6.07) is 0. The van der Waals surface area contributed by atoms with Crippen molar-refractivity contribution in [3.8, 4) is 0 Å². The highest BCUT2D eigenvalue weighted by Gasteiger charge is 2.38. The summed E-state index contributed by atoms with van der Waals surface area (Å²) in [4.78, 5) is 35.8. The van der Waals surface area contributed by atoms with Gasteiger partial charge >= 0.3 is 17.9 Å². The van der Waals surface area contributed by atoms with Crippen LogP contribution in [0.4, 0.5) is 0 Å². The lowest BCUT2D eigenvalue weighted by molar-refractivity contribution is -0.165. The van der Waals surface area contributed by atoms with Gasteiger partial charge in [-0.25, -0.2) is 4.79 Å². The van der Waals surface area contributed by atoms with Crippen LogP contribution in [0.2, 0.25) is 0 Å². The summed E-state index contributed by atoms with van der Waals surface area (Å²) in [6.45, 7) is 5.12. The van der Waals surface area contributed by atoms with E-state index in [-0.39, 0.29) is 31.5 Å². The Morgan fingerprint density at radius 1 is 1.08 bits per heavy atom. The maximum Gasteiger partial charge on any atom is 0.333 e. The molecule has 1 aliphatic heterocycles. The summed E-state index contributed by atoms with van der Waals surface area (Å²) in [6.07, 6.45) is 1.63. The standard InChI is InChI=1S/C18H26O8/c1-11(2)16(20)24-7-12(19)8-25-17(21)14-5-3-4-6-15(14)18(22)26-10-13-9-23-13/h12-15,19H,1,3-10H2,2H3. The third-order valence-electron chi connectivity index (χ3n) is 4.36. The SMILES string of the molecule is C=C(C)C(=O)OCC(O)COC(=O)C1CCCCC1C(=O)OCC1CO1. The third-order valence-corrected chi connectivity index (χ3v) is 4.36. The predicted molar refractivity (Wildman–Crippen MR) is 88.9 cm³/mol. The summed E-state index contributed by atoms with van der Waals surface area (Å²) in [5.74, 6) is -2.68. The molecule has 2 aliphatic rings. The topological polar surface area (TPSA) is 112 Å². The second-order valence-corrected chi connectivity index (χ2v) is 6.75. The van der Waals surface area contributed by atoms with Crippen LogP contribution in [-0.2, 0) is 33.3 Å². The van der Waals surface area contributed by atoms with E-state index in [0.717, 1.165) is 12.8 Å². The van der Waals surface area contributed by atoms with Gasteiger partial charge in [-0.15, -0.1) is 0 Å². The fourth-order valence-electron chi connectivity index (χ4n) is 2.77. The van der Waals surface area contributed by atoms with E-state index in [2.05, 4.69) is 6.58 Å². The zero-order valence-electron chi connectivity index (χ0n) is 15.0. The number of esters is 3. The molecule has 0 aromatic heterocycles. The number of carbonyl (C=O) groups excluding carboxylic acids is 3. The van der Waals surface area contributed by atoms with E-state index in [1.54, 1.807) is 0 Å². The Morgan fingerprint density at radius 3 is 2.15 bits per heavy atom. The molecule has 146 valence electrons. The first-order valence-corrected chi connectivity index (χ1v) is 8.84. The lowest BCUT2D eigenvalue weighted by Crippen LogP contribution is -2.37. The minimum atomic E-state index is -1.14. The Labute approximate surface area is 152 Å². The fourth-order valence-corrected chi connectivity index (χ4v) is 2.77. The van der Waals surface area contributed by atoms with Crippen LogP contribution in [0.5, 0.6) is 0 Å². The number of rotatable bonds is 9. The van der Waals surface area contributed by atoms with Crippen LogP contribution in [-0.4, -0.2) is 61.6 Å². The van der Waals surface area contributed by atoms with Crippen molar-refractivity contribution in [2.24, 2.45) is 11.8 Å². The number of hydrogen-bond donors (Lipinski definition) is 1. The van der Waals surface area contributed by atoms with E-state index in [1.807, 2.05) is 0 Å². The number of hydrogen-bond acceptors (Lipinski definition) is 8. The predicted octanol–water partition coefficient (Wildman–Crippen LogP) is 0.758. The van der Waals surface area contributed by atoms with Gasteiger partial charge in [-0.2, -0.15) is 0 Å². The van der Waals surface area contributed by atoms with E-state index in [0.29, 0.717) is 19.4 Å². The van der Waals surface area contributed by atoms with Gasteiger partial charge in [0.25, 0.3) is 0 Å². The van der Waals surface area contributed by atoms with Crippen LogP contribution in [0.15, 0.2) is 12.2 Å². The second kappa shape index (κ2) is 9.68. The molecule has 0 spiro atoms. The maximum atomic E-state index is 12.3. The van der Waals surface area contributed by atoms with Gasteiger partial charge in [0.1, 0.15) is 32.0 Å². The lowest BCUT2D eigenvalue weighted by atomic mass is 9.79. The molecule has 26 heavy (non-hydrogen) atoms. The number of ether oxygens (including phenoxy) is 4. The van der Waals surface area contributed by atoms with E-state index in [9.17, 15) is 19.5 Å². The molecule has 0 bridgehead atoms. The molecule has 1 saturated carbocycles. The Morgan fingerprint density at radius 2 is 1.62 bits per heavy atom. The van der Waals surface area contributed by atoms with Crippen molar-refractivity contribution in [1.29, 1.82) is 0 Å². The quantitative estimate of drug-likeness (QED) is 0.274. The zero-order valence-corrected chi connectivity index (χ0v) is 15.0. The third kappa shape index (κ3) is 6.42. The highest BCUT2D eigenvalue weighted by molar-refractivity contribution is 5.87. The van der Waals surface area contributed by atoms with Gasteiger partial charge < -0.3 is 24.1 Å². The maximum absolute atomic E-state index is 12.3. The molecule has 0 aromatic carbocycles. The molecule has 1 saturated heterocycles. The monoisotopic (exact) mass is 370 g/mol. The van der Waals surface area contributed by atoms with E-state index >= 15 is 0 Å². The molecule has 1 aliphatic carbocycles. The largest absolute Gasteiger partial charge is 0.463 e. The number of aliphatic hydroxyl groups excluding tert-OH is 1. The Bertz CT molecular complexity index is 539. The summed E-state index contributed by atoms with van der Waals surface area (Å²) in [5, 5.41) is 9.76. The second-order valence-electron chi connectivity index (χ2n) is 6.75. The van der Waals surface area contributed by atoms with E-state index < -0.39 is 35.8 Å². The molecule has 8 nitrogen and oxygen atoms in total. The van der Waals surface area contributed by atoms with Crippen LogP contribution in [0.1, 0.15) is 32.6 Å². The Balaban J connectivity index is 1.76. The molecule has 2 rings (SSSR count). The average molecular weight is 370 g/mol.